The quantitative estimate of drug-likeness (QED) is 0.431. The predicted octanol–water partition coefficient (Wildman–Crippen LogP) is 3.03. The molecule has 0 rings (SSSR count). The predicted molar refractivity (Wildman–Crippen MR) is 66.1 cm³/mol. The van der Waals surface area contributed by atoms with Crippen molar-refractivity contribution in [2.24, 2.45) is 0 Å². The van der Waals surface area contributed by atoms with Crippen molar-refractivity contribution in [2.45, 2.75) is 46.0 Å². The molecule has 0 aromatic rings. The molecule has 0 radical (unpaired) electrons. The molecule has 0 bridgehead atoms. The minimum Gasteiger partial charge on any atom is -0.303 e. The number of nitrogens with zero attached hydrogens (tertiary/aromatic N) is 1. The molecular formula is C13H25NO. The van der Waals surface area contributed by atoms with Crippen LogP contribution in [0, 0.1) is 0 Å². The van der Waals surface area contributed by atoms with Crippen molar-refractivity contribution in [1.29, 1.82) is 0 Å². The van der Waals surface area contributed by atoms with Crippen LogP contribution in [0.3, 0.4) is 0 Å². The molecule has 0 saturated heterocycles. The molecule has 0 aliphatic rings. The number of carbonyl (C=O) groups excluding carboxylic acids is 1. The molecule has 0 fully saturated rings. The Balaban J connectivity index is 3.33. The third kappa shape index (κ3) is 11.3. The molecule has 0 amide bonds. The second-order valence-electron chi connectivity index (χ2n) is 4.19. The fourth-order valence-electron chi connectivity index (χ4n) is 1.48. The zero-order valence-electron chi connectivity index (χ0n) is 10.5. The molecule has 2 nitrogen and oxygen atoms in total. The van der Waals surface area contributed by atoms with E-state index in [0.717, 1.165) is 13.1 Å². The van der Waals surface area contributed by atoms with Crippen LogP contribution in [0.5, 0.6) is 0 Å². The molecule has 0 atom stereocenters. The summed E-state index contributed by atoms with van der Waals surface area (Å²) in [5.74, 6) is 0.131. The zero-order chi connectivity index (χ0) is 11.5. The molecule has 0 heterocycles. The van der Waals surface area contributed by atoms with E-state index in [1.807, 2.05) is 6.08 Å². The summed E-state index contributed by atoms with van der Waals surface area (Å²) in [6, 6.07) is 0. The van der Waals surface area contributed by atoms with E-state index in [4.69, 9.17) is 0 Å². The Kier molecular flexibility index (Phi) is 9.49. The number of hydrogen-bond acceptors (Lipinski definition) is 2. The number of ketones is 1. The Morgan fingerprint density at radius 2 is 1.87 bits per heavy atom. The van der Waals surface area contributed by atoms with Crippen LogP contribution in [-0.2, 0) is 4.79 Å². The zero-order valence-corrected chi connectivity index (χ0v) is 10.5. The maximum atomic E-state index is 10.7. The van der Waals surface area contributed by atoms with Crippen LogP contribution in [0.2, 0.25) is 0 Å². The summed E-state index contributed by atoms with van der Waals surface area (Å²) in [7, 11) is 2.10. The summed E-state index contributed by atoms with van der Waals surface area (Å²) in [6.07, 6.45) is 10.2. The standard InChI is InChI=1S/C13H25NO/c1-4-5-6-7-8-11-14(3)12-9-10-13(2)15/h9-10H,4-8,11-12H2,1-3H3/b10-9+. The van der Waals surface area contributed by atoms with E-state index >= 15 is 0 Å². The van der Waals surface area contributed by atoms with Gasteiger partial charge in [-0.05, 0) is 33.0 Å². The molecule has 0 spiro atoms. The van der Waals surface area contributed by atoms with Gasteiger partial charge in [-0.1, -0.05) is 38.7 Å². The van der Waals surface area contributed by atoms with Gasteiger partial charge in [0, 0.05) is 6.54 Å². The van der Waals surface area contributed by atoms with Crippen LogP contribution in [0.4, 0.5) is 0 Å². The number of allylic oxidation sites excluding steroid dienone is 1. The smallest absolute Gasteiger partial charge is 0.152 e. The molecular weight excluding hydrogens is 186 g/mol. The number of carbonyl (C=O) groups is 1. The molecule has 0 aromatic carbocycles. The Morgan fingerprint density at radius 1 is 1.20 bits per heavy atom. The monoisotopic (exact) mass is 211 g/mol. The molecule has 2 heteroatoms. The number of hydrogen-bond donors (Lipinski definition) is 0. The maximum absolute atomic E-state index is 10.7. The van der Waals surface area contributed by atoms with Crippen molar-refractivity contribution in [3.63, 3.8) is 0 Å². The first-order valence-electron chi connectivity index (χ1n) is 6.02. The van der Waals surface area contributed by atoms with Gasteiger partial charge in [-0.2, -0.15) is 0 Å². The van der Waals surface area contributed by atoms with E-state index in [1.54, 1.807) is 13.0 Å². The van der Waals surface area contributed by atoms with Gasteiger partial charge in [-0.3, -0.25) is 4.79 Å². The lowest BCUT2D eigenvalue weighted by Crippen LogP contribution is -2.19. The molecule has 0 aliphatic heterocycles. The van der Waals surface area contributed by atoms with Crippen molar-refractivity contribution in [2.75, 3.05) is 20.1 Å². The fraction of sp³-hybridized carbons (Fsp3) is 0.769. The van der Waals surface area contributed by atoms with Gasteiger partial charge in [-0.15, -0.1) is 0 Å². The largest absolute Gasteiger partial charge is 0.303 e. The van der Waals surface area contributed by atoms with Crippen LogP contribution in [0.15, 0.2) is 12.2 Å². The second kappa shape index (κ2) is 9.91. The van der Waals surface area contributed by atoms with Gasteiger partial charge < -0.3 is 4.90 Å². The van der Waals surface area contributed by atoms with Gasteiger partial charge in [-0.25, -0.2) is 0 Å². The Bertz CT molecular complexity index is 187. The number of likely N-dealkylation sites (N-methyl/N-ethyl adjacent to an activating group) is 1. The van der Waals surface area contributed by atoms with Crippen LogP contribution in [0.1, 0.15) is 46.0 Å². The molecule has 0 unspecified atom stereocenters. The van der Waals surface area contributed by atoms with Gasteiger partial charge in [0.05, 0.1) is 0 Å². The normalized spacial score (nSPS) is 11.5. The van der Waals surface area contributed by atoms with Crippen LogP contribution >= 0.6 is 0 Å². The summed E-state index contributed by atoms with van der Waals surface area (Å²) in [6.45, 7) is 5.83. The van der Waals surface area contributed by atoms with Crippen LogP contribution in [0.25, 0.3) is 0 Å². The minimum atomic E-state index is 0.131. The van der Waals surface area contributed by atoms with E-state index in [9.17, 15) is 4.79 Å². The van der Waals surface area contributed by atoms with Gasteiger partial charge in [0.1, 0.15) is 0 Å². The molecule has 0 saturated carbocycles. The summed E-state index contributed by atoms with van der Waals surface area (Å²) in [5.41, 5.74) is 0. The highest BCUT2D eigenvalue weighted by atomic mass is 16.1. The molecule has 0 aromatic heterocycles. The van der Waals surface area contributed by atoms with Crippen molar-refractivity contribution in [3.8, 4) is 0 Å². The SMILES string of the molecule is CCCCCCCN(C)C/C=C/C(C)=O. The summed E-state index contributed by atoms with van der Waals surface area (Å²) < 4.78 is 0. The Morgan fingerprint density at radius 3 is 2.47 bits per heavy atom. The highest BCUT2D eigenvalue weighted by Crippen LogP contribution is 2.02. The third-order valence-electron chi connectivity index (χ3n) is 2.41. The molecule has 15 heavy (non-hydrogen) atoms. The minimum absolute atomic E-state index is 0.131. The maximum Gasteiger partial charge on any atom is 0.152 e. The number of rotatable bonds is 9. The van der Waals surface area contributed by atoms with E-state index in [-0.39, 0.29) is 5.78 Å². The van der Waals surface area contributed by atoms with Gasteiger partial charge in [0.15, 0.2) is 5.78 Å². The summed E-state index contributed by atoms with van der Waals surface area (Å²) in [4.78, 5) is 12.9. The highest BCUT2D eigenvalue weighted by Gasteiger charge is 1.95. The van der Waals surface area contributed by atoms with E-state index in [1.165, 1.54) is 32.1 Å². The average Bonchev–Trinajstić information content (AvgIpc) is 2.17. The van der Waals surface area contributed by atoms with Crippen molar-refractivity contribution in [1.82, 2.24) is 4.90 Å². The lowest BCUT2D eigenvalue weighted by Gasteiger charge is -2.13. The first-order chi connectivity index (χ1) is 7.16. The van der Waals surface area contributed by atoms with E-state index in [2.05, 4.69) is 18.9 Å². The summed E-state index contributed by atoms with van der Waals surface area (Å²) >= 11 is 0. The van der Waals surface area contributed by atoms with Gasteiger partial charge >= 0.3 is 0 Å². The first kappa shape index (κ1) is 14.4. The molecule has 0 aliphatic carbocycles. The second-order valence-corrected chi connectivity index (χ2v) is 4.19. The highest BCUT2D eigenvalue weighted by molar-refractivity contribution is 5.87. The average molecular weight is 211 g/mol. The van der Waals surface area contributed by atoms with Gasteiger partial charge in [0.25, 0.3) is 0 Å². The first-order valence-corrected chi connectivity index (χ1v) is 6.02. The molecule has 0 N–H and O–H groups in total. The van der Waals surface area contributed by atoms with Gasteiger partial charge in [0.2, 0.25) is 0 Å². The topological polar surface area (TPSA) is 20.3 Å². The van der Waals surface area contributed by atoms with Crippen molar-refractivity contribution >= 4 is 5.78 Å². The van der Waals surface area contributed by atoms with Crippen molar-refractivity contribution in [3.05, 3.63) is 12.2 Å². The molecule has 88 valence electrons. The van der Waals surface area contributed by atoms with Crippen LogP contribution in [-0.4, -0.2) is 30.8 Å². The Hall–Kier alpha value is -0.630. The number of unbranched alkanes of at least 4 members (excludes halogenated alkanes) is 4. The third-order valence-corrected chi connectivity index (χ3v) is 2.41. The van der Waals surface area contributed by atoms with E-state index < -0.39 is 0 Å². The van der Waals surface area contributed by atoms with Crippen LogP contribution < -0.4 is 0 Å². The lowest BCUT2D eigenvalue weighted by molar-refractivity contribution is -0.112. The Labute approximate surface area is 94.4 Å². The van der Waals surface area contributed by atoms with Crippen molar-refractivity contribution < 1.29 is 4.79 Å². The van der Waals surface area contributed by atoms with E-state index in [0.29, 0.717) is 0 Å². The fourth-order valence-corrected chi connectivity index (χ4v) is 1.48. The summed E-state index contributed by atoms with van der Waals surface area (Å²) in [5, 5.41) is 0. The lowest BCUT2D eigenvalue weighted by atomic mass is 10.1.